The van der Waals surface area contributed by atoms with Crippen molar-refractivity contribution in [1.29, 1.82) is 0 Å². The second-order valence-corrected chi connectivity index (χ2v) is 4.97. The number of hydrogen-bond donors (Lipinski definition) is 1. The second kappa shape index (κ2) is 3.97. The first-order chi connectivity index (χ1) is 5.94. The van der Waals surface area contributed by atoms with Crippen LogP contribution in [-0.2, 0) is 0 Å². The summed E-state index contributed by atoms with van der Waals surface area (Å²) in [5, 5.41) is 9.95. The highest BCUT2D eigenvalue weighted by Crippen LogP contribution is 2.24. The lowest BCUT2D eigenvalue weighted by atomic mass is 10.0. The van der Waals surface area contributed by atoms with E-state index in [4.69, 9.17) is 0 Å². The minimum atomic E-state index is -0.502. The molecule has 0 aromatic heterocycles. The van der Waals surface area contributed by atoms with E-state index in [0.717, 1.165) is 25.4 Å². The minimum Gasteiger partial charge on any atom is -0.389 e. The predicted octanol–water partition coefficient (Wildman–Crippen LogP) is 1.88. The maximum absolute atomic E-state index is 9.95. The lowest BCUT2D eigenvalue weighted by Crippen LogP contribution is -2.42. The van der Waals surface area contributed by atoms with Crippen molar-refractivity contribution in [2.75, 3.05) is 13.1 Å². The van der Waals surface area contributed by atoms with Gasteiger partial charge in [0.05, 0.1) is 5.60 Å². The summed E-state index contributed by atoms with van der Waals surface area (Å²) in [5.74, 6) is 0.794. The van der Waals surface area contributed by atoms with Crippen molar-refractivity contribution in [3.63, 3.8) is 0 Å². The Morgan fingerprint density at radius 2 is 2.08 bits per heavy atom. The van der Waals surface area contributed by atoms with Gasteiger partial charge < -0.3 is 5.11 Å². The lowest BCUT2D eigenvalue weighted by Gasteiger charge is -2.30. The number of hydrogen-bond acceptors (Lipinski definition) is 2. The summed E-state index contributed by atoms with van der Waals surface area (Å²) < 4.78 is 0. The molecule has 3 unspecified atom stereocenters. The van der Waals surface area contributed by atoms with E-state index in [1.807, 2.05) is 13.8 Å². The first kappa shape index (κ1) is 11.0. The molecule has 0 aromatic carbocycles. The molecule has 2 nitrogen and oxygen atoms in total. The Labute approximate surface area is 81.9 Å². The van der Waals surface area contributed by atoms with Crippen LogP contribution in [0, 0.1) is 5.92 Å². The van der Waals surface area contributed by atoms with Crippen LogP contribution in [0.15, 0.2) is 0 Å². The third kappa shape index (κ3) is 2.96. The van der Waals surface area contributed by atoms with Crippen molar-refractivity contribution in [2.45, 2.75) is 52.2 Å². The normalized spacial score (nSPS) is 34.8. The van der Waals surface area contributed by atoms with Crippen LogP contribution in [0.5, 0.6) is 0 Å². The monoisotopic (exact) mass is 185 g/mol. The maximum Gasteiger partial charge on any atom is 0.0743 e. The average Bonchev–Trinajstić information content (AvgIpc) is 2.30. The van der Waals surface area contributed by atoms with Crippen molar-refractivity contribution in [3.05, 3.63) is 0 Å². The van der Waals surface area contributed by atoms with Crippen molar-refractivity contribution in [3.8, 4) is 0 Å². The molecule has 78 valence electrons. The molecule has 3 atom stereocenters. The first-order valence-corrected chi connectivity index (χ1v) is 5.41. The fourth-order valence-electron chi connectivity index (χ4n) is 2.16. The maximum atomic E-state index is 9.95. The van der Waals surface area contributed by atoms with E-state index in [1.165, 1.54) is 6.42 Å². The largest absolute Gasteiger partial charge is 0.389 e. The van der Waals surface area contributed by atoms with E-state index in [2.05, 4.69) is 18.7 Å². The summed E-state index contributed by atoms with van der Waals surface area (Å²) in [6.07, 6.45) is 2.12. The molecule has 0 spiro atoms. The highest BCUT2D eigenvalue weighted by atomic mass is 16.3. The zero-order valence-corrected chi connectivity index (χ0v) is 9.38. The van der Waals surface area contributed by atoms with Gasteiger partial charge in [0, 0.05) is 19.1 Å². The highest BCUT2D eigenvalue weighted by molar-refractivity contribution is 4.85. The van der Waals surface area contributed by atoms with Crippen LogP contribution < -0.4 is 0 Å². The molecule has 0 aromatic rings. The summed E-state index contributed by atoms with van der Waals surface area (Å²) in [7, 11) is 0. The molecular formula is C11H23NO. The van der Waals surface area contributed by atoms with Gasteiger partial charge >= 0.3 is 0 Å². The third-order valence-electron chi connectivity index (χ3n) is 3.22. The number of β-amino-alcohol motifs (C(OH)–C–C–N with tert-alkyl or cyclic N) is 1. The van der Waals surface area contributed by atoms with Gasteiger partial charge in [-0.25, -0.2) is 0 Å². The lowest BCUT2D eigenvalue weighted by molar-refractivity contribution is 0.0138. The fourth-order valence-corrected chi connectivity index (χ4v) is 2.16. The van der Waals surface area contributed by atoms with Gasteiger partial charge in [0.25, 0.3) is 0 Å². The van der Waals surface area contributed by atoms with Gasteiger partial charge in [0.15, 0.2) is 0 Å². The van der Waals surface area contributed by atoms with Crippen molar-refractivity contribution in [1.82, 2.24) is 4.90 Å². The molecule has 1 saturated heterocycles. The van der Waals surface area contributed by atoms with E-state index in [0.29, 0.717) is 6.04 Å². The zero-order chi connectivity index (χ0) is 10.1. The van der Waals surface area contributed by atoms with Gasteiger partial charge in [-0.1, -0.05) is 13.8 Å². The van der Waals surface area contributed by atoms with Crippen molar-refractivity contribution < 1.29 is 5.11 Å². The molecule has 2 heteroatoms. The van der Waals surface area contributed by atoms with Crippen LogP contribution >= 0.6 is 0 Å². The van der Waals surface area contributed by atoms with Gasteiger partial charge in [-0.15, -0.1) is 0 Å². The molecule has 1 fully saturated rings. The Morgan fingerprint density at radius 1 is 1.46 bits per heavy atom. The molecule has 1 N–H and O–H groups in total. The quantitative estimate of drug-likeness (QED) is 0.725. The molecule has 13 heavy (non-hydrogen) atoms. The third-order valence-corrected chi connectivity index (χ3v) is 3.22. The van der Waals surface area contributed by atoms with Crippen LogP contribution in [0.3, 0.4) is 0 Å². The van der Waals surface area contributed by atoms with E-state index in [9.17, 15) is 5.11 Å². The van der Waals surface area contributed by atoms with Crippen LogP contribution in [0.1, 0.15) is 40.5 Å². The van der Waals surface area contributed by atoms with Crippen LogP contribution in [0.25, 0.3) is 0 Å². The minimum absolute atomic E-state index is 0.502. The SMILES string of the molecule is CCC(C)(O)CN1CC(C)CC1C. The van der Waals surface area contributed by atoms with E-state index >= 15 is 0 Å². The summed E-state index contributed by atoms with van der Waals surface area (Å²) in [5.41, 5.74) is -0.502. The van der Waals surface area contributed by atoms with E-state index in [1.54, 1.807) is 0 Å². The standard InChI is InChI=1S/C11H23NO/c1-5-11(4,13)8-12-7-9(2)6-10(12)3/h9-10,13H,5-8H2,1-4H3. The van der Waals surface area contributed by atoms with Gasteiger partial charge in [-0.3, -0.25) is 4.90 Å². The average molecular weight is 185 g/mol. The summed E-state index contributed by atoms with van der Waals surface area (Å²) in [4.78, 5) is 2.41. The van der Waals surface area contributed by atoms with Gasteiger partial charge in [0.2, 0.25) is 0 Å². The van der Waals surface area contributed by atoms with Crippen LogP contribution in [0.2, 0.25) is 0 Å². The number of aliphatic hydroxyl groups is 1. The van der Waals surface area contributed by atoms with E-state index in [-0.39, 0.29) is 0 Å². The Hall–Kier alpha value is -0.0800. The van der Waals surface area contributed by atoms with Gasteiger partial charge in [0.1, 0.15) is 0 Å². The number of likely N-dealkylation sites (tertiary alicyclic amines) is 1. The molecule has 1 aliphatic rings. The Balaban J connectivity index is 2.45. The molecular weight excluding hydrogens is 162 g/mol. The van der Waals surface area contributed by atoms with Crippen molar-refractivity contribution in [2.24, 2.45) is 5.92 Å². The summed E-state index contributed by atoms with van der Waals surface area (Å²) >= 11 is 0. The molecule has 1 aliphatic heterocycles. The number of nitrogens with zero attached hydrogens (tertiary/aromatic N) is 1. The molecule has 0 saturated carbocycles. The molecule has 0 aliphatic carbocycles. The van der Waals surface area contributed by atoms with Gasteiger partial charge in [-0.2, -0.15) is 0 Å². The molecule has 1 heterocycles. The Bertz CT molecular complexity index is 167. The van der Waals surface area contributed by atoms with Gasteiger partial charge in [-0.05, 0) is 32.6 Å². The summed E-state index contributed by atoms with van der Waals surface area (Å²) in [6, 6.07) is 0.646. The van der Waals surface area contributed by atoms with E-state index < -0.39 is 5.60 Å². The highest BCUT2D eigenvalue weighted by Gasteiger charge is 2.30. The Morgan fingerprint density at radius 3 is 2.46 bits per heavy atom. The van der Waals surface area contributed by atoms with Crippen molar-refractivity contribution >= 4 is 0 Å². The predicted molar refractivity (Wildman–Crippen MR) is 55.7 cm³/mol. The molecule has 1 rings (SSSR count). The Kier molecular flexibility index (Phi) is 3.36. The molecule has 0 amide bonds. The first-order valence-electron chi connectivity index (χ1n) is 5.41. The topological polar surface area (TPSA) is 23.5 Å². The fraction of sp³-hybridized carbons (Fsp3) is 1.00. The molecule has 0 radical (unpaired) electrons. The van der Waals surface area contributed by atoms with Crippen LogP contribution in [0.4, 0.5) is 0 Å². The second-order valence-electron chi connectivity index (χ2n) is 4.97. The zero-order valence-electron chi connectivity index (χ0n) is 9.38. The van der Waals surface area contributed by atoms with Crippen LogP contribution in [-0.4, -0.2) is 34.7 Å². The molecule has 0 bridgehead atoms. The summed E-state index contributed by atoms with van der Waals surface area (Å²) in [6.45, 7) is 10.5. The smallest absolute Gasteiger partial charge is 0.0743 e. The number of rotatable bonds is 3.